The molecule has 2 heterocycles. The van der Waals surface area contributed by atoms with E-state index in [2.05, 4.69) is 44.9 Å². The maximum absolute atomic E-state index is 12.6. The molecule has 6 rings (SSSR count). The third-order valence-corrected chi connectivity index (χ3v) is 11.9. The first-order valence-corrected chi connectivity index (χ1v) is 13.8. The maximum atomic E-state index is 12.6. The van der Waals surface area contributed by atoms with Gasteiger partial charge in [0.05, 0.1) is 22.3 Å². The molecule has 1 aromatic heterocycles. The van der Waals surface area contributed by atoms with Crippen molar-refractivity contribution in [2.24, 2.45) is 34.5 Å². The molecular formula is C28H38N2O2S. The van der Waals surface area contributed by atoms with E-state index < -0.39 is 0 Å². The third kappa shape index (κ3) is 3.00. The second-order valence-corrected chi connectivity index (χ2v) is 13.2. The van der Waals surface area contributed by atoms with Crippen molar-refractivity contribution >= 4 is 27.5 Å². The molecule has 0 spiro atoms. The van der Waals surface area contributed by atoms with Crippen molar-refractivity contribution in [3.63, 3.8) is 0 Å². The standard InChI is InChI=1S/C28H38N2O2S/c1-16-14-18-19-7-8-21(26-29-22-9-6-17(32-5)15-23(22)33-26)27(19,2)12-10-20(18)28(3)13-11-24(31)30(4)25(16)28/h6,9,15-16,18-21,25H,7-8,10-14H2,1-5H3/t16?,18-,19-,20+,21?,25?,27-,28+/m0/s1. The molecule has 1 amide bonds. The molecule has 1 aliphatic heterocycles. The summed E-state index contributed by atoms with van der Waals surface area (Å²) in [4.78, 5) is 19.8. The van der Waals surface area contributed by atoms with Crippen LogP contribution in [0.3, 0.4) is 0 Å². The van der Waals surface area contributed by atoms with Crippen molar-refractivity contribution in [2.75, 3.05) is 14.2 Å². The second kappa shape index (κ2) is 7.44. The molecule has 4 fully saturated rings. The van der Waals surface area contributed by atoms with Gasteiger partial charge in [-0.15, -0.1) is 11.3 Å². The number of hydrogen-bond acceptors (Lipinski definition) is 4. The highest BCUT2D eigenvalue weighted by Crippen LogP contribution is 2.68. The highest BCUT2D eigenvalue weighted by Gasteiger charge is 2.63. The minimum atomic E-state index is 0.275. The number of carbonyl (C=O) groups excluding carboxylic acids is 1. The summed E-state index contributed by atoms with van der Waals surface area (Å²) in [5.74, 6) is 4.77. The molecule has 1 aromatic carbocycles. The monoisotopic (exact) mass is 466 g/mol. The number of nitrogens with zero attached hydrogens (tertiary/aromatic N) is 2. The normalized spacial score (nSPS) is 42.7. The number of fused-ring (bicyclic) bond motifs is 6. The molecule has 5 heteroatoms. The Kier molecular flexibility index (Phi) is 4.93. The number of amides is 1. The van der Waals surface area contributed by atoms with E-state index in [9.17, 15) is 4.79 Å². The summed E-state index contributed by atoms with van der Waals surface area (Å²) in [5, 5.41) is 1.35. The van der Waals surface area contributed by atoms with Gasteiger partial charge in [0.25, 0.3) is 0 Å². The number of ether oxygens (including phenoxy) is 1. The van der Waals surface area contributed by atoms with Crippen molar-refractivity contribution in [2.45, 2.75) is 77.7 Å². The number of carbonyl (C=O) groups is 1. The van der Waals surface area contributed by atoms with Crippen molar-refractivity contribution in [1.29, 1.82) is 0 Å². The highest BCUT2D eigenvalue weighted by molar-refractivity contribution is 7.18. The topological polar surface area (TPSA) is 42.4 Å². The van der Waals surface area contributed by atoms with Crippen LogP contribution in [0.25, 0.3) is 10.2 Å². The summed E-state index contributed by atoms with van der Waals surface area (Å²) in [5.41, 5.74) is 1.74. The van der Waals surface area contributed by atoms with Crippen LogP contribution in [0.5, 0.6) is 5.75 Å². The van der Waals surface area contributed by atoms with E-state index >= 15 is 0 Å². The quantitative estimate of drug-likeness (QED) is 0.507. The van der Waals surface area contributed by atoms with Crippen LogP contribution in [0, 0.1) is 34.5 Å². The fourth-order valence-corrected chi connectivity index (χ4v) is 10.6. The molecule has 3 saturated carbocycles. The third-order valence-electron chi connectivity index (χ3n) is 10.7. The van der Waals surface area contributed by atoms with Crippen molar-refractivity contribution < 1.29 is 9.53 Å². The zero-order chi connectivity index (χ0) is 23.1. The molecule has 0 radical (unpaired) electrons. The van der Waals surface area contributed by atoms with Gasteiger partial charge in [-0.05, 0) is 91.2 Å². The molecule has 4 aliphatic rings. The zero-order valence-electron chi connectivity index (χ0n) is 20.8. The summed E-state index contributed by atoms with van der Waals surface area (Å²) in [6.45, 7) is 7.55. The minimum absolute atomic E-state index is 0.275. The van der Waals surface area contributed by atoms with E-state index in [0.717, 1.165) is 41.9 Å². The number of thiazole rings is 1. The Bertz CT molecular complexity index is 1100. The van der Waals surface area contributed by atoms with E-state index in [1.807, 2.05) is 17.4 Å². The Balaban J connectivity index is 1.32. The molecule has 8 atom stereocenters. The number of likely N-dealkylation sites (tertiary alicyclic amines) is 1. The minimum Gasteiger partial charge on any atom is -0.497 e. The van der Waals surface area contributed by atoms with E-state index in [1.165, 1.54) is 41.8 Å². The summed E-state index contributed by atoms with van der Waals surface area (Å²) in [7, 11) is 3.81. The van der Waals surface area contributed by atoms with E-state index in [-0.39, 0.29) is 5.41 Å². The van der Waals surface area contributed by atoms with E-state index in [0.29, 0.717) is 29.2 Å². The number of rotatable bonds is 2. The van der Waals surface area contributed by atoms with Crippen molar-refractivity contribution in [3.05, 3.63) is 23.2 Å². The Morgan fingerprint density at radius 2 is 1.91 bits per heavy atom. The van der Waals surface area contributed by atoms with Gasteiger partial charge in [-0.3, -0.25) is 4.79 Å². The highest BCUT2D eigenvalue weighted by atomic mass is 32.1. The Morgan fingerprint density at radius 3 is 2.70 bits per heavy atom. The average Bonchev–Trinajstić information content (AvgIpc) is 3.36. The first-order chi connectivity index (χ1) is 15.8. The largest absolute Gasteiger partial charge is 0.497 e. The van der Waals surface area contributed by atoms with Gasteiger partial charge in [-0.25, -0.2) is 4.98 Å². The second-order valence-electron chi connectivity index (χ2n) is 12.1. The predicted octanol–water partition coefficient (Wildman–Crippen LogP) is 6.50. The summed E-state index contributed by atoms with van der Waals surface area (Å²) < 4.78 is 6.70. The van der Waals surface area contributed by atoms with Gasteiger partial charge >= 0.3 is 0 Å². The molecule has 178 valence electrons. The van der Waals surface area contributed by atoms with Crippen molar-refractivity contribution in [1.82, 2.24) is 9.88 Å². The van der Waals surface area contributed by atoms with Crippen LogP contribution >= 0.6 is 11.3 Å². The molecule has 3 unspecified atom stereocenters. The van der Waals surface area contributed by atoms with Gasteiger partial charge in [0.1, 0.15) is 5.75 Å². The summed E-state index contributed by atoms with van der Waals surface area (Å²) in [6, 6.07) is 6.71. The fraction of sp³-hybridized carbons (Fsp3) is 0.714. The first kappa shape index (κ1) is 21.9. The Morgan fingerprint density at radius 1 is 1.12 bits per heavy atom. The molecule has 0 bridgehead atoms. The van der Waals surface area contributed by atoms with Crippen LogP contribution in [0.15, 0.2) is 18.2 Å². The molecule has 0 N–H and O–H groups in total. The SMILES string of the molecule is COc1ccc2nc(C3CC[C@H]4[C@@H]5CC(C)C6N(C)C(=O)CC[C@]6(C)[C@@H]5CC[C@]34C)sc2c1. The first-order valence-electron chi connectivity index (χ1n) is 13.0. The molecule has 1 saturated heterocycles. The fourth-order valence-electron chi connectivity index (χ4n) is 9.33. The van der Waals surface area contributed by atoms with Gasteiger partial charge < -0.3 is 9.64 Å². The number of piperidine rings is 1. The lowest BCUT2D eigenvalue weighted by Crippen LogP contribution is -2.64. The van der Waals surface area contributed by atoms with Crippen molar-refractivity contribution in [3.8, 4) is 5.75 Å². The number of aromatic nitrogens is 1. The van der Waals surface area contributed by atoms with Crippen LogP contribution in [-0.2, 0) is 4.79 Å². The number of methoxy groups -OCH3 is 1. The number of benzene rings is 1. The summed E-state index contributed by atoms with van der Waals surface area (Å²) >= 11 is 1.89. The molecular weight excluding hydrogens is 428 g/mol. The average molecular weight is 467 g/mol. The van der Waals surface area contributed by atoms with Gasteiger partial charge in [-0.2, -0.15) is 0 Å². The smallest absolute Gasteiger partial charge is 0.222 e. The lowest BCUT2D eigenvalue weighted by atomic mass is 9.45. The van der Waals surface area contributed by atoms with E-state index in [4.69, 9.17) is 9.72 Å². The van der Waals surface area contributed by atoms with Gasteiger partial charge in [-0.1, -0.05) is 20.8 Å². The van der Waals surface area contributed by atoms with Crippen LogP contribution in [0.1, 0.15) is 76.6 Å². The lowest BCUT2D eigenvalue weighted by Gasteiger charge is -2.63. The van der Waals surface area contributed by atoms with Gasteiger partial charge in [0.15, 0.2) is 0 Å². The molecule has 4 nitrogen and oxygen atoms in total. The van der Waals surface area contributed by atoms with Crippen LogP contribution in [-0.4, -0.2) is 36.0 Å². The number of hydrogen-bond donors (Lipinski definition) is 0. The predicted molar refractivity (Wildman–Crippen MR) is 134 cm³/mol. The maximum Gasteiger partial charge on any atom is 0.222 e. The van der Waals surface area contributed by atoms with Crippen LogP contribution in [0.4, 0.5) is 0 Å². The zero-order valence-corrected chi connectivity index (χ0v) is 21.6. The molecule has 2 aromatic rings. The van der Waals surface area contributed by atoms with Crippen LogP contribution in [0.2, 0.25) is 0 Å². The molecule has 3 aliphatic carbocycles. The van der Waals surface area contributed by atoms with Crippen LogP contribution < -0.4 is 4.74 Å². The molecule has 33 heavy (non-hydrogen) atoms. The van der Waals surface area contributed by atoms with Gasteiger partial charge in [0.2, 0.25) is 5.91 Å². The van der Waals surface area contributed by atoms with E-state index in [1.54, 1.807) is 7.11 Å². The Labute approximate surface area is 202 Å². The lowest BCUT2D eigenvalue weighted by molar-refractivity contribution is -0.166. The Hall–Kier alpha value is -1.62. The summed E-state index contributed by atoms with van der Waals surface area (Å²) in [6.07, 6.45) is 8.33. The van der Waals surface area contributed by atoms with Gasteiger partial charge in [0, 0.05) is 25.4 Å².